The average Bonchev–Trinajstić information content (AvgIpc) is 2.82. The summed E-state index contributed by atoms with van der Waals surface area (Å²) < 4.78 is 0. The summed E-state index contributed by atoms with van der Waals surface area (Å²) in [5.41, 5.74) is 4.13. The van der Waals surface area contributed by atoms with Gasteiger partial charge < -0.3 is 5.11 Å². The zero-order valence-electron chi connectivity index (χ0n) is 8.66. The van der Waals surface area contributed by atoms with E-state index in [0.29, 0.717) is 5.56 Å². The minimum absolute atomic E-state index is 0.148. The number of benzene rings is 2. The lowest BCUT2D eigenvalue weighted by atomic mass is 10.0. The smallest absolute Gasteiger partial charge is 0.196 e. The fourth-order valence-electron chi connectivity index (χ4n) is 3.08. The van der Waals surface area contributed by atoms with Crippen molar-refractivity contribution < 1.29 is 9.90 Å². The first-order valence-corrected chi connectivity index (χ1v) is 5.57. The number of aliphatic hydroxyl groups is 1. The molecule has 1 N–H and O–H groups in total. The van der Waals surface area contributed by atoms with E-state index in [4.69, 9.17) is 0 Å². The molecule has 0 radical (unpaired) electrons. The highest BCUT2D eigenvalue weighted by Gasteiger charge is 2.33. The molecular formula is C14H10O2. The molecule has 16 heavy (non-hydrogen) atoms. The van der Waals surface area contributed by atoms with Crippen LogP contribution in [-0.2, 0) is 12.8 Å². The molecule has 1 unspecified atom stereocenters. The van der Waals surface area contributed by atoms with Crippen LogP contribution >= 0.6 is 0 Å². The highest BCUT2D eigenvalue weighted by Crippen LogP contribution is 2.42. The van der Waals surface area contributed by atoms with Crippen molar-refractivity contribution >= 4 is 16.6 Å². The Balaban J connectivity index is 2.30. The van der Waals surface area contributed by atoms with E-state index in [1.807, 2.05) is 18.2 Å². The molecule has 2 nitrogen and oxygen atoms in total. The minimum Gasteiger partial charge on any atom is -0.380 e. The van der Waals surface area contributed by atoms with Crippen LogP contribution in [0, 0.1) is 0 Å². The highest BCUT2D eigenvalue weighted by molar-refractivity contribution is 6.18. The molecule has 78 valence electrons. The van der Waals surface area contributed by atoms with Crippen molar-refractivity contribution in [1.29, 1.82) is 0 Å². The minimum atomic E-state index is -0.945. The standard InChI is InChI=1S/C14H10O2/c15-13-9-5-3-7-1-2-8-4-6-10(14(13)16)12(9)11(7)8/h3-6,13,15H,1-2H2. The monoisotopic (exact) mass is 210 g/mol. The predicted molar refractivity (Wildman–Crippen MR) is 60.6 cm³/mol. The number of hydrogen-bond acceptors (Lipinski definition) is 2. The first-order chi connectivity index (χ1) is 7.77. The Morgan fingerprint density at radius 1 is 1.00 bits per heavy atom. The van der Waals surface area contributed by atoms with Crippen LogP contribution in [0.5, 0.6) is 0 Å². The van der Waals surface area contributed by atoms with Gasteiger partial charge in [0.2, 0.25) is 0 Å². The van der Waals surface area contributed by atoms with Gasteiger partial charge in [0.05, 0.1) is 0 Å². The molecule has 0 aliphatic heterocycles. The number of rotatable bonds is 0. The number of hydrogen-bond donors (Lipinski definition) is 1. The summed E-state index contributed by atoms with van der Waals surface area (Å²) in [6, 6.07) is 7.87. The Morgan fingerprint density at radius 3 is 2.44 bits per heavy atom. The van der Waals surface area contributed by atoms with Crippen molar-refractivity contribution in [3.05, 3.63) is 46.5 Å². The molecule has 2 heteroatoms. The topological polar surface area (TPSA) is 37.3 Å². The molecule has 0 aromatic heterocycles. The lowest BCUT2D eigenvalue weighted by Gasteiger charge is -2.04. The summed E-state index contributed by atoms with van der Waals surface area (Å²) in [5, 5.41) is 12.1. The van der Waals surface area contributed by atoms with E-state index < -0.39 is 6.10 Å². The summed E-state index contributed by atoms with van der Waals surface area (Å²) >= 11 is 0. The largest absolute Gasteiger partial charge is 0.380 e. The maximum atomic E-state index is 11.9. The van der Waals surface area contributed by atoms with E-state index in [2.05, 4.69) is 6.07 Å². The van der Waals surface area contributed by atoms with Gasteiger partial charge in [0.15, 0.2) is 5.78 Å². The van der Waals surface area contributed by atoms with Crippen molar-refractivity contribution in [3.8, 4) is 0 Å². The molecule has 0 saturated carbocycles. The quantitative estimate of drug-likeness (QED) is 0.723. The van der Waals surface area contributed by atoms with Crippen LogP contribution in [-0.4, -0.2) is 10.9 Å². The van der Waals surface area contributed by atoms with E-state index in [9.17, 15) is 9.90 Å². The number of aliphatic hydroxyl groups excluding tert-OH is 1. The highest BCUT2D eigenvalue weighted by atomic mass is 16.3. The first-order valence-electron chi connectivity index (χ1n) is 5.57. The zero-order chi connectivity index (χ0) is 10.9. The summed E-state index contributed by atoms with van der Waals surface area (Å²) in [6.07, 6.45) is 1.17. The van der Waals surface area contributed by atoms with Crippen molar-refractivity contribution in [2.24, 2.45) is 0 Å². The van der Waals surface area contributed by atoms with Crippen LogP contribution in [0.1, 0.15) is 33.2 Å². The van der Waals surface area contributed by atoms with Crippen molar-refractivity contribution in [3.63, 3.8) is 0 Å². The number of Topliss-reactive ketones (excluding diaryl/α,β-unsaturated/α-hetero) is 1. The van der Waals surface area contributed by atoms with E-state index in [1.165, 1.54) is 16.5 Å². The third-order valence-electron chi connectivity index (χ3n) is 3.84. The van der Waals surface area contributed by atoms with Gasteiger partial charge in [-0.25, -0.2) is 0 Å². The fraction of sp³-hybridized carbons (Fsp3) is 0.214. The molecular weight excluding hydrogens is 200 g/mol. The summed E-state index contributed by atoms with van der Waals surface area (Å²) in [7, 11) is 0. The summed E-state index contributed by atoms with van der Waals surface area (Å²) in [5.74, 6) is -0.148. The van der Waals surface area contributed by atoms with Crippen LogP contribution in [0.2, 0.25) is 0 Å². The molecule has 0 fully saturated rings. The number of carbonyl (C=O) groups excluding carboxylic acids is 1. The lowest BCUT2D eigenvalue weighted by molar-refractivity contribution is 0.0766. The molecule has 2 aliphatic carbocycles. The van der Waals surface area contributed by atoms with Gasteiger partial charge in [-0.1, -0.05) is 24.3 Å². The Kier molecular flexibility index (Phi) is 1.34. The molecule has 0 bridgehead atoms. The van der Waals surface area contributed by atoms with Gasteiger partial charge in [-0.05, 0) is 40.3 Å². The third kappa shape index (κ3) is 0.770. The van der Waals surface area contributed by atoms with Gasteiger partial charge in [0.1, 0.15) is 6.10 Å². The van der Waals surface area contributed by atoms with Crippen LogP contribution in [0.15, 0.2) is 24.3 Å². The first kappa shape index (κ1) is 8.48. The maximum Gasteiger partial charge on any atom is 0.196 e. The second-order valence-electron chi connectivity index (χ2n) is 4.60. The van der Waals surface area contributed by atoms with Crippen LogP contribution < -0.4 is 0 Å². The molecule has 2 aliphatic rings. The van der Waals surface area contributed by atoms with Gasteiger partial charge in [-0.2, -0.15) is 0 Å². The average molecular weight is 210 g/mol. The Hall–Kier alpha value is -1.67. The number of aryl methyl sites for hydroxylation is 2. The predicted octanol–water partition coefficient (Wildman–Crippen LogP) is 2.17. The van der Waals surface area contributed by atoms with Gasteiger partial charge in [-0.15, -0.1) is 0 Å². The normalized spacial score (nSPS) is 21.1. The molecule has 1 atom stereocenters. The van der Waals surface area contributed by atoms with E-state index in [-0.39, 0.29) is 5.78 Å². The zero-order valence-corrected chi connectivity index (χ0v) is 8.66. The fourth-order valence-corrected chi connectivity index (χ4v) is 3.08. The number of carbonyl (C=O) groups is 1. The van der Waals surface area contributed by atoms with Crippen LogP contribution in [0.25, 0.3) is 10.8 Å². The van der Waals surface area contributed by atoms with Gasteiger partial charge >= 0.3 is 0 Å². The molecule has 0 amide bonds. The molecule has 0 saturated heterocycles. The SMILES string of the molecule is O=C1c2ccc3c4c(ccc(c24)C1O)CC3. The van der Waals surface area contributed by atoms with E-state index in [0.717, 1.165) is 23.8 Å². The second-order valence-corrected chi connectivity index (χ2v) is 4.60. The van der Waals surface area contributed by atoms with E-state index >= 15 is 0 Å². The van der Waals surface area contributed by atoms with Gasteiger partial charge in [0, 0.05) is 5.56 Å². The summed E-state index contributed by atoms with van der Waals surface area (Å²) in [4.78, 5) is 11.9. The lowest BCUT2D eigenvalue weighted by Crippen LogP contribution is -2.04. The van der Waals surface area contributed by atoms with Crippen molar-refractivity contribution in [2.75, 3.05) is 0 Å². The third-order valence-corrected chi connectivity index (χ3v) is 3.84. The Labute approximate surface area is 92.5 Å². The molecule has 2 aromatic rings. The van der Waals surface area contributed by atoms with Crippen LogP contribution in [0.4, 0.5) is 0 Å². The van der Waals surface area contributed by atoms with Crippen molar-refractivity contribution in [2.45, 2.75) is 18.9 Å². The second kappa shape index (κ2) is 2.53. The Morgan fingerprint density at radius 2 is 1.69 bits per heavy atom. The Bertz CT molecular complexity index is 645. The maximum absolute atomic E-state index is 11.9. The molecule has 4 rings (SSSR count). The summed E-state index contributed by atoms with van der Waals surface area (Å²) in [6.45, 7) is 0. The van der Waals surface area contributed by atoms with E-state index in [1.54, 1.807) is 0 Å². The molecule has 0 spiro atoms. The molecule has 2 aromatic carbocycles. The van der Waals surface area contributed by atoms with Crippen molar-refractivity contribution in [1.82, 2.24) is 0 Å². The van der Waals surface area contributed by atoms with Gasteiger partial charge in [0.25, 0.3) is 0 Å². The van der Waals surface area contributed by atoms with Crippen LogP contribution in [0.3, 0.4) is 0 Å². The molecule has 0 heterocycles. The number of ketones is 1. The van der Waals surface area contributed by atoms with Gasteiger partial charge in [-0.3, -0.25) is 4.79 Å².